The van der Waals surface area contributed by atoms with E-state index in [1.165, 1.54) is 0 Å². The van der Waals surface area contributed by atoms with Crippen LogP contribution in [0.25, 0.3) is 0 Å². The lowest BCUT2D eigenvalue weighted by molar-refractivity contribution is -0.380. The summed E-state index contributed by atoms with van der Waals surface area (Å²) in [6.07, 6.45) is -0.292. The molecule has 0 saturated carbocycles. The van der Waals surface area contributed by atoms with Crippen LogP contribution in [0.5, 0.6) is 0 Å². The van der Waals surface area contributed by atoms with E-state index in [0.29, 0.717) is 13.1 Å². The Balaban J connectivity index is 1.76. The van der Waals surface area contributed by atoms with Crippen LogP contribution in [0.1, 0.15) is 5.56 Å². The summed E-state index contributed by atoms with van der Waals surface area (Å²) in [6.45, 7) is 2.79. The van der Waals surface area contributed by atoms with Crippen molar-refractivity contribution in [3.8, 4) is 0 Å². The van der Waals surface area contributed by atoms with Crippen LogP contribution in [0.2, 0.25) is 0 Å². The third kappa shape index (κ3) is 3.22. The minimum Gasteiger partial charge on any atom is -0.391 e. The molecule has 0 bridgehead atoms. The first kappa shape index (κ1) is 12.4. The Labute approximate surface area is 103 Å². The summed E-state index contributed by atoms with van der Waals surface area (Å²) in [7, 11) is 0. The van der Waals surface area contributed by atoms with E-state index in [4.69, 9.17) is 0 Å². The van der Waals surface area contributed by atoms with Crippen LogP contribution in [0.15, 0.2) is 11.4 Å². The van der Waals surface area contributed by atoms with Gasteiger partial charge in [-0.3, -0.25) is 10.1 Å². The molecule has 3 N–H and O–H groups in total. The molecule has 2 atom stereocenters. The number of aliphatic hydroxyl groups is 1. The average Bonchev–Trinajstić information content (AvgIpc) is 2.89. The van der Waals surface area contributed by atoms with E-state index in [1.54, 1.807) is 11.4 Å². The molecule has 1 aromatic rings. The van der Waals surface area contributed by atoms with Crippen LogP contribution in [0, 0.1) is 16.0 Å². The standard InChI is InChI=1S/C10H15N3O3S/c14-9-5-12-4-8(9)3-11-2-7-1-10(13(15)16)17-6-7/h1,6,8-9,11-12,14H,2-5H2. The molecule has 2 unspecified atom stereocenters. The molecular weight excluding hydrogens is 242 g/mol. The smallest absolute Gasteiger partial charge is 0.324 e. The highest BCUT2D eigenvalue weighted by atomic mass is 32.1. The molecule has 1 fully saturated rings. The number of nitrogens with zero attached hydrogens (tertiary/aromatic N) is 1. The van der Waals surface area contributed by atoms with Gasteiger partial charge in [-0.15, -0.1) is 0 Å². The van der Waals surface area contributed by atoms with Gasteiger partial charge in [0.15, 0.2) is 0 Å². The minimum atomic E-state index is -0.376. The van der Waals surface area contributed by atoms with Crippen molar-refractivity contribution in [1.82, 2.24) is 10.6 Å². The van der Waals surface area contributed by atoms with Crippen molar-refractivity contribution in [2.45, 2.75) is 12.6 Å². The highest BCUT2D eigenvalue weighted by Gasteiger charge is 2.24. The van der Waals surface area contributed by atoms with Crippen LogP contribution in [-0.4, -0.2) is 35.8 Å². The molecule has 1 saturated heterocycles. The quantitative estimate of drug-likeness (QED) is 0.522. The number of β-amino-alcohol motifs (C(OH)–C–C–N with tert-alkyl or cyclic N) is 1. The molecule has 2 heterocycles. The van der Waals surface area contributed by atoms with Crippen molar-refractivity contribution in [2.24, 2.45) is 5.92 Å². The van der Waals surface area contributed by atoms with E-state index >= 15 is 0 Å². The average molecular weight is 257 g/mol. The third-order valence-electron chi connectivity index (χ3n) is 2.86. The van der Waals surface area contributed by atoms with Crippen LogP contribution in [0.3, 0.4) is 0 Å². The van der Waals surface area contributed by atoms with Crippen LogP contribution in [0.4, 0.5) is 5.00 Å². The Kier molecular flexibility index (Phi) is 4.06. The number of aliphatic hydroxyl groups excluding tert-OH is 1. The number of nitro groups is 1. The van der Waals surface area contributed by atoms with Crippen LogP contribution >= 0.6 is 11.3 Å². The zero-order valence-electron chi connectivity index (χ0n) is 9.26. The van der Waals surface area contributed by atoms with Gasteiger partial charge in [0.1, 0.15) is 0 Å². The summed E-state index contributed by atoms with van der Waals surface area (Å²) in [6, 6.07) is 1.58. The second kappa shape index (κ2) is 5.54. The van der Waals surface area contributed by atoms with Gasteiger partial charge >= 0.3 is 5.00 Å². The fourth-order valence-corrected chi connectivity index (χ4v) is 2.61. The summed E-state index contributed by atoms with van der Waals surface area (Å²) in [4.78, 5) is 10.1. The monoisotopic (exact) mass is 257 g/mol. The molecule has 6 nitrogen and oxygen atoms in total. The fraction of sp³-hybridized carbons (Fsp3) is 0.600. The molecule has 0 radical (unpaired) electrons. The van der Waals surface area contributed by atoms with E-state index in [0.717, 1.165) is 30.0 Å². The molecule has 0 spiro atoms. The Morgan fingerprint density at radius 1 is 1.65 bits per heavy atom. The number of hydrogen-bond acceptors (Lipinski definition) is 6. The zero-order chi connectivity index (χ0) is 12.3. The normalized spacial score (nSPS) is 24.1. The van der Waals surface area contributed by atoms with E-state index in [9.17, 15) is 15.2 Å². The summed E-state index contributed by atoms with van der Waals surface area (Å²) in [5.74, 6) is 0.226. The predicted molar refractivity (Wildman–Crippen MR) is 65.0 cm³/mol. The van der Waals surface area contributed by atoms with Crippen molar-refractivity contribution in [2.75, 3.05) is 19.6 Å². The lowest BCUT2D eigenvalue weighted by atomic mass is 10.1. The molecular formula is C10H15N3O3S. The van der Waals surface area contributed by atoms with Gasteiger partial charge in [-0.25, -0.2) is 0 Å². The van der Waals surface area contributed by atoms with Gasteiger partial charge in [0.25, 0.3) is 0 Å². The molecule has 94 valence electrons. The Bertz CT molecular complexity index is 396. The second-order valence-electron chi connectivity index (χ2n) is 4.17. The largest absolute Gasteiger partial charge is 0.391 e. The van der Waals surface area contributed by atoms with E-state index in [1.807, 2.05) is 0 Å². The maximum Gasteiger partial charge on any atom is 0.324 e. The van der Waals surface area contributed by atoms with Gasteiger partial charge in [-0.2, -0.15) is 0 Å². The molecule has 17 heavy (non-hydrogen) atoms. The minimum absolute atomic E-state index is 0.171. The van der Waals surface area contributed by atoms with Crippen molar-refractivity contribution < 1.29 is 10.0 Å². The van der Waals surface area contributed by atoms with E-state index in [-0.39, 0.29) is 21.9 Å². The van der Waals surface area contributed by atoms with E-state index < -0.39 is 0 Å². The van der Waals surface area contributed by atoms with Gasteiger partial charge < -0.3 is 15.7 Å². The number of rotatable bonds is 5. The summed E-state index contributed by atoms with van der Waals surface area (Å²) in [5, 5.41) is 28.3. The van der Waals surface area contributed by atoms with Gasteiger partial charge in [0, 0.05) is 43.5 Å². The molecule has 2 rings (SSSR count). The molecule has 0 aliphatic carbocycles. The van der Waals surface area contributed by atoms with Crippen LogP contribution in [-0.2, 0) is 6.54 Å². The fourth-order valence-electron chi connectivity index (χ4n) is 1.88. The maximum absolute atomic E-state index is 10.5. The first-order valence-electron chi connectivity index (χ1n) is 5.48. The second-order valence-corrected chi connectivity index (χ2v) is 5.06. The van der Waals surface area contributed by atoms with Gasteiger partial charge in [-0.1, -0.05) is 11.3 Å². The SMILES string of the molecule is O=[N+]([O-])c1cc(CNCC2CNCC2O)cs1. The first-order chi connectivity index (χ1) is 8.16. The summed E-state index contributed by atoms with van der Waals surface area (Å²) >= 11 is 1.14. The van der Waals surface area contributed by atoms with Crippen LogP contribution < -0.4 is 10.6 Å². The Morgan fingerprint density at radius 2 is 2.47 bits per heavy atom. The van der Waals surface area contributed by atoms with Crippen molar-refractivity contribution in [1.29, 1.82) is 0 Å². The lowest BCUT2D eigenvalue weighted by Gasteiger charge is -2.13. The van der Waals surface area contributed by atoms with Gasteiger partial charge in [0.05, 0.1) is 11.0 Å². The molecule has 0 amide bonds. The number of nitrogens with one attached hydrogen (secondary N) is 2. The lowest BCUT2D eigenvalue weighted by Crippen LogP contribution is -2.30. The van der Waals surface area contributed by atoms with E-state index in [2.05, 4.69) is 10.6 Å². The Morgan fingerprint density at radius 3 is 3.06 bits per heavy atom. The van der Waals surface area contributed by atoms with Crippen molar-refractivity contribution in [3.63, 3.8) is 0 Å². The molecule has 1 aliphatic rings. The molecule has 0 aromatic carbocycles. The third-order valence-corrected chi connectivity index (χ3v) is 3.79. The Hall–Kier alpha value is -1.02. The van der Waals surface area contributed by atoms with Gasteiger partial charge in [-0.05, 0) is 5.56 Å². The maximum atomic E-state index is 10.5. The first-order valence-corrected chi connectivity index (χ1v) is 6.36. The topological polar surface area (TPSA) is 87.4 Å². The summed E-state index contributed by atoms with van der Waals surface area (Å²) in [5.41, 5.74) is 0.919. The number of thiophene rings is 1. The highest BCUT2D eigenvalue weighted by molar-refractivity contribution is 7.13. The van der Waals surface area contributed by atoms with Crippen molar-refractivity contribution >= 4 is 16.3 Å². The molecule has 1 aliphatic heterocycles. The predicted octanol–water partition coefficient (Wildman–Crippen LogP) is 0.326. The molecule has 1 aromatic heterocycles. The highest BCUT2D eigenvalue weighted by Crippen LogP contribution is 2.22. The summed E-state index contributed by atoms with van der Waals surface area (Å²) < 4.78 is 0. The molecule has 7 heteroatoms. The zero-order valence-corrected chi connectivity index (χ0v) is 10.1. The van der Waals surface area contributed by atoms with Crippen molar-refractivity contribution in [3.05, 3.63) is 27.1 Å². The number of hydrogen-bond donors (Lipinski definition) is 3. The van der Waals surface area contributed by atoms with Gasteiger partial charge in [0.2, 0.25) is 0 Å².